The maximum Gasteiger partial charge on any atom is 0.270 e. The number of pyridine rings is 2. The fraction of sp³-hybridized carbons (Fsp3) is 0.556. The highest BCUT2D eigenvalue weighted by Gasteiger charge is 2.58. The lowest BCUT2D eigenvalue weighted by atomic mass is 9.49. The number of methoxy groups -OCH3 is 1. The molecule has 4 saturated carbocycles. The predicted octanol–water partition coefficient (Wildman–Crippen LogP) is 3.62. The summed E-state index contributed by atoms with van der Waals surface area (Å²) < 4.78 is 5.13. The van der Waals surface area contributed by atoms with E-state index in [1.54, 1.807) is 19.2 Å². The molecule has 2 amide bonds. The smallest absolute Gasteiger partial charge is 0.270 e. The zero-order valence-corrected chi connectivity index (χ0v) is 20.1. The van der Waals surface area contributed by atoms with Gasteiger partial charge in [0, 0.05) is 36.2 Å². The quantitative estimate of drug-likeness (QED) is 0.585. The van der Waals surface area contributed by atoms with Crippen molar-refractivity contribution < 1.29 is 14.3 Å². The van der Waals surface area contributed by atoms with Crippen molar-refractivity contribution in [1.82, 2.24) is 20.6 Å². The number of amides is 2. The molecule has 0 saturated heterocycles. The lowest BCUT2D eigenvalue weighted by Gasteiger charge is -2.62. The Morgan fingerprint density at radius 1 is 0.941 bits per heavy atom. The first-order chi connectivity index (χ1) is 16.4. The van der Waals surface area contributed by atoms with E-state index in [9.17, 15) is 9.59 Å². The molecule has 4 fully saturated rings. The van der Waals surface area contributed by atoms with Crippen molar-refractivity contribution >= 4 is 11.8 Å². The molecule has 2 N–H and O–H groups in total. The molecule has 2 atom stereocenters. The summed E-state index contributed by atoms with van der Waals surface area (Å²) in [7, 11) is 1.69. The van der Waals surface area contributed by atoms with Gasteiger partial charge < -0.3 is 15.4 Å². The van der Waals surface area contributed by atoms with Crippen LogP contribution in [0, 0.1) is 18.8 Å². The van der Waals surface area contributed by atoms with Gasteiger partial charge >= 0.3 is 0 Å². The number of aryl methyl sites for hydroxylation is 2. The number of nitrogens with one attached hydrogen (secondary N) is 2. The lowest BCUT2D eigenvalue weighted by Crippen LogP contribution is -2.70. The highest BCUT2D eigenvalue weighted by molar-refractivity contribution is 5.93. The predicted molar refractivity (Wildman–Crippen MR) is 128 cm³/mol. The molecule has 2 aromatic rings. The minimum Gasteiger partial charge on any atom is -0.385 e. The van der Waals surface area contributed by atoms with Crippen molar-refractivity contribution in [3.63, 3.8) is 0 Å². The SMILES string of the molecule is COCCCc1cccc(C(=O)NC23CC4CC(CC(NC(=O)c5cccc(C)n5)(C4)C2)C3)n1. The average Bonchev–Trinajstić information content (AvgIpc) is 2.78. The molecule has 4 bridgehead atoms. The monoisotopic (exact) mass is 462 g/mol. The fourth-order valence-electron chi connectivity index (χ4n) is 6.98. The number of rotatable bonds is 8. The van der Waals surface area contributed by atoms with Gasteiger partial charge in [0.05, 0.1) is 0 Å². The van der Waals surface area contributed by atoms with Crippen LogP contribution in [0.4, 0.5) is 0 Å². The second-order valence-corrected chi connectivity index (χ2v) is 10.7. The number of aromatic nitrogens is 2. The Kier molecular flexibility index (Phi) is 6.15. The summed E-state index contributed by atoms with van der Waals surface area (Å²) in [5.74, 6) is 0.802. The molecule has 4 aliphatic rings. The Morgan fingerprint density at radius 2 is 1.53 bits per heavy atom. The van der Waals surface area contributed by atoms with E-state index >= 15 is 0 Å². The second-order valence-electron chi connectivity index (χ2n) is 10.7. The molecule has 0 spiro atoms. The van der Waals surface area contributed by atoms with Gasteiger partial charge in [-0.05, 0) is 94.4 Å². The molecule has 4 aliphatic carbocycles. The van der Waals surface area contributed by atoms with Crippen LogP contribution in [-0.2, 0) is 11.2 Å². The summed E-state index contributed by atoms with van der Waals surface area (Å²) in [6.07, 6.45) is 7.52. The molecule has 2 unspecified atom stereocenters. The number of carbonyl (C=O) groups excluding carboxylic acids is 2. The Balaban J connectivity index is 1.31. The van der Waals surface area contributed by atoms with Gasteiger partial charge in [-0.3, -0.25) is 9.59 Å². The zero-order chi connectivity index (χ0) is 23.8. The summed E-state index contributed by atoms with van der Waals surface area (Å²) in [6, 6.07) is 11.2. The van der Waals surface area contributed by atoms with E-state index in [0.717, 1.165) is 56.3 Å². The first-order valence-corrected chi connectivity index (χ1v) is 12.4. The topological polar surface area (TPSA) is 93.2 Å². The van der Waals surface area contributed by atoms with Crippen LogP contribution in [0.5, 0.6) is 0 Å². The Morgan fingerprint density at radius 3 is 2.12 bits per heavy atom. The summed E-state index contributed by atoms with van der Waals surface area (Å²) >= 11 is 0. The molecular weight excluding hydrogens is 428 g/mol. The lowest BCUT2D eigenvalue weighted by molar-refractivity contribution is -0.0449. The molecule has 0 aliphatic heterocycles. The van der Waals surface area contributed by atoms with Crippen LogP contribution in [0.1, 0.15) is 77.3 Å². The first kappa shape index (κ1) is 23.0. The van der Waals surface area contributed by atoms with Gasteiger partial charge in [-0.1, -0.05) is 12.1 Å². The van der Waals surface area contributed by atoms with Gasteiger partial charge in [-0.2, -0.15) is 0 Å². The second kappa shape index (κ2) is 9.10. The van der Waals surface area contributed by atoms with Crippen LogP contribution in [0.15, 0.2) is 36.4 Å². The third-order valence-corrected chi connectivity index (χ3v) is 7.76. The molecule has 7 heteroatoms. The van der Waals surface area contributed by atoms with Crippen LogP contribution >= 0.6 is 0 Å². The zero-order valence-electron chi connectivity index (χ0n) is 20.1. The van der Waals surface area contributed by atoms with Crippen molar-refractivity contribution in [2.24, 2.45) is 11.8 Å². The van der Waals surface area contributed by atoms with Crippen molar-refractivity contribution in [1.29, 1.82) is 0 Å². The fourth-order valence-corrected chi connectivity index (χ4v) is 6.98. The normalized spacial score (nSPS) is 29.1. The van der Waals surface area contributed by atoms with Crippen LogP contribution < -0.4 is 10.6 Å². The minimum absolute atomic E-state index is 0.113. The number of ether oxygens (including phenoxy) is 1. The third kappa shape index (κ3) is 4.71. The Bertz CT molecular complexity index is 1070. The molecule has 0 aromatic carbocycles. The van der Waals surface area contributed by atoms with E-state index < -0.39 is 0 Å². The number of hydrogen-bond donors (Lipinski definition) is 2. The molecule has 2 heterocycles. The van der Waals surface area contributed by atoms with Crippen LogP contribution in [0.2, 0.25) is 0 Å². The van der Waals surface area contributed by atoms with E-state index in [0.29, 0.717) is 29.8 Å². The van der Waals surface area contributed by atoms with Gasteiger partial charge in [0.25, 0.3) is 11.8 Å². The molecule has 180 valence electrons. The highest BCUT2D eigenvalue weighted by Crippen LogP contribution is 2.57. The van der Waals surface area contributed by atoms with Crippen LogP contribution in [-0.4, -0.2) is 46.6 Å². The van der Waals surface area contributed by atoms with Crippen molar-refractivity contribution in [3.05, 3.63) is 59.2 Å². The van der Waals surface area contributed by atoms with E-state index in [1.165, 1.54) is 6.42 Å². The minimum atomic E-state index is -0.289. The number of hydrogen-bond acceptors (Lipinski definition) is 5. The molecule has 0 radical (unpaired) electrons. The van der Waals surface area contributed by atoms with Crippen molar-refractivity contribution in [2.45, 2.75) is 69.4 Å². The molecule has 7 nitrogen and oxygen atoms in total. The van der Waals surface area contributed by atoms with E-state index in [4.69, 9.17) is 4.74 Å². The van der Waals surface area contributed by atoms with E-state index in [1.807, 2.05) is 31.2 Å². The van der Waals surface area contributed by atoms with Crippen LogP contribution in [0.25, 0.3) is 0 Å². The molecule has 6 rings (SSSR count). The molecular formula is C27H34N4O3. The van der Waals surface area contributed by atoms with Gasteiger partial charge in [0.1, 0.15) is 11.4 Å². The highest BCUT2D eigenvalue weighted by atomic mass is 16.5. The Labute approximate surface area is 201 Å². The van der Waals surface area contributed by atoms with Gasteiger partial charge in [-0.25, -0.2) is 9.97 Å². The van der Waals surface area contributed by atoms with E-state index in [2.05, 4.69) is 20.6 Å². The van der Waals surface area contributed by atoms with Crippen molar-refractivity contribution in [3.8, 4) is 0 Å². The molecule has 34 heavy (non-hydrogen) atoms. The summed E-state index contributed by atoms with van der Waals surface area (Å²) in [4.78, 5) is 35.4. The van der Waals surface area contributed by atoms with Gasteiger partial charge in [0.15, 0.2) is 0 Å². The van der Waals surface area contributed by atoms with Crippen molar-refractivity contribution in [2.75, 3.05) is 13.7 Å². The number of nitrogens with zero attached hydrogens (tertiary/aromatic N) is 2. The van der Waals surface area contributed by atoms with Gasteiger partial charge in [0.2, 0.25) is 0 Å². The largest absolute Gasteiger partial charge is 0.385 e. The van der Waals surface area contributed by atoms with Gasteiger partial charge in [-0.15, -0.1) is 0 Å². The Hall–Kier alpha value is -2.80. The maximum absolute atomic E-state index is 13.3. The standard InChI is InChI=1S/C27H34N4O3/c1-18-6-3-9-22(28-18)24(32)30-26-13-19-12-20(14-26)16-27(15-19,17-26)31-25(33)23-10-4-7-21(29-23)8-5-11-34-2/h3-4,6-7,9-10,19-20H,5,8,11-17H2,1-2H3,(H,30,32)(H,31,33). The summed E-state index contributed by atoms with van der Waals surface area (Å²) in [5, 5.41) is 6.75. The third-order valence-electron chi connectivity index (χ3n) is 7.76. The summed E-state index contributed by atoms with van der Waals surface area (Å²) in [6.45, 7) is 2.57. The maximum atomic E-state index is 13.3. The molecule has 2 aromatic heterocycles. The average molecular weight is 463 g/mol. The summed E-state index contributed by atoms with van der Waals surface area (Å²) in [5.41, 5.74) is 2.09. The van der Waals surface area contributed by atoms with E-state index in [-0.39, 0.29) is 22.9 Å². The number of carbonyl (C=O) groups is 2. The van der Waals surface area contributed by atoms with Crippen LogP contribution in [0.3, 0.4) is 0 Å². The first-order valence-electron chi connectivity index (χ1n) is 12.4.